The molecule has 1 unspecified atom stereocenters. The molecular weight excluding hydrogens is 242 g/mol. The Hall–Kier alpha value is -1.03. The lowest BCUT2D eigenvalue weighted by atomic mass is 10.0. The second-order valence-corrected chi connectivity index (χ2v) is 6.59. The Kier molecular flexibility index (Phi) is 4.67. The van der Waals surface area contributed by atoms with Crippen molar-refractivity contribution in [3.63, 3.8) is 0 Å². The van der Waals surface area contributed by atoms with Gasteiger partial charge in [0.05, 0.1) is 12.1 Å². The topological polar surface area (TPSA) is 38.8 Å². The fraction of sp³-hybridized carbons (Fsp3) is 0.800. The number of carbonyl (C=O) groups excluding carboxylic acids is 1. The van der Waals surface area contributed by atoms with Crippen molar-refractivity contribution in [1.82, 2.24) is 4.90 Å². The number of amides is 1. The summed E-state index contributed by atoms with van der Waals surface area (Å²) in [6.45, 7) is 14.3. The second-order valence-electron chi connectivity index (χ2n) is 6.59. The predicted octanol–water partition coefficient (Wildman–Crippen LogP) is 3.71. The molecule has 0 spiro atoms. The zero-order valence-electron chi connectivity index (χ0n) is 13.2. The molecule has 0 aromatic heterocycles. The first kappa shape index (κ1) is 16.0. The van der Waals surface area contributed by atoms with Crippen molar-refractivity contribution >= 4 is 6.09 Å². The largest absolute Gasteiger partial charge is 0.446 e. The quantitative estimate of drug-likeness (QED) is 0.733. The van der Waals surface area contributed by atoms with E-state index in [4.69, 9.17) is 9.47 Å². The van der Waals surface area contributed by atoms with E-state index >= 15 is 0 Å². The summed E-state index contributed by atoms with van der Waals surface area (Å²) in [6, 6.07) is 0. The number of hydrogen-bond acceptors (Lipinski definition) is 3. The van der Waals surface area contributed by atoms with Gasteiger partial charge in [0.25, 0.3) is 0 Å². The maximum absolute atomic E-state index is 12.3. The van der Waals surface area contributed by atoms with Crippen LogP contribution in [0.1, 0.15) is 54.9 Å². The van der Waals surface area contributed by atoms with Gasteiger partial charge in [-0.2, -0.15) is 0 Å². The summed E-state index contributed by atoms with van der Waals surface area (Å²) < 4.78 is 11.2. The van der Waals surface area contributed by atoms with Crippen LogP contribution in [0, 0.1) is 0 Å². The van der Waals surface area contributed by atoms with Crippen LogP contribution in [-0.4, -0.2) is 35.0 Å². The van der Waals surface area contributed by atoms with Crippen LogP contribution in [0.2, 0.25) is 0 Å². The lowest BCUT2D eigenvalue weighted by Crippen LogP contribution is -2.53. The first-order chi connectivity index (χ1) is 8.56. The molecule has 1 amide bonds. The number of ether oxygens (including phenoxy) is 2. The van der Waals surface area contributed by atoms with E-state index in [0.29, 0.717) is 6.61 Å². The Bertz CT molecular complexity index is 352. The van der Waals surface area contributed by atoms with Gasteiger partial charge in [-0.25, -0.2) is 4.79 Å². The normalized spacial score (nSPS) is 21.9. The Morgan fingerprint density at radius 2 is 1.95 bits per heavy atom. The second kappa shape index (κ2) is 5.53. The first-order valence-electron chi connectivity index (χ1n) is 6.84. The number of allylic oxidation sites excluding steroid dienone is 1. The minimum atomic E-state index is -0.614. The van der Waals surface area contributed by atoms with Crippen LogP contribution >= 0.6 is 0 Å². The molecule has 1 fully saturated rings. The average molecular weight is 269 g/mol. The van der Waals surface area contributed by atoms with Crippen LogP contribution in [0.4, 0.5) is 4.79 Å². The monoisotopic (exact) mass is 269 g/mol. The highest BCUT2D eigenvalue weighted by Gasteiger charge is 2.49. The minimum absolute atomic E-state index is 0.130. The van der Waals surface area contributed by atoms with Crippen LogP contribution in [0.5, 0.6) is 0 Å². The zero-order chi connectivity index (χ0) is 14.8. The highest BCUT2D eigenvalue weighted by atomic mass is 16.6. The summed E-state index contributed by atoms with van der Waals surface area (Å²) >= 11 is 0. The highest BCUT2D eigenvalue weighted by Crippen LogP contribution is 2.35. The number of nitrogens with zero attached hydrogens (tertiary/aromatic N) is 1. The molecule has 110 valence electrons. The van der Waals surface area contributed by atoms with Crippen molar-refractivity contribution in [1.29, 1.82) is 0 Å². The molecule has 1 aliphatic rings. The smallest absolute Gasteiger partial charge is 0.412 e. The van der Waals surface area contributed by atoms with E-state index < -0.39 is 5.72 Å². The van der Waals surface area contributed by atoms with Crippen molar-refractivity contribution in [2.75, 3.05) is 6.61 Å². The summed E-state index contributed by atoms with van der Waals surface area (Å²) in [7, 11) is 0. The molecule has 0 saturated carbocycles. The molecule has 0 aromatic carbocycles. The van der Waals surface area contributed by atoms with E-state index in [0.717, 1.165) is 6.42 Å². The molecular formula is C15H27NO3. The minimum Gasteiger partial charge on any atom is -0.446 e. The van der Waals surface area contributed by atoms with Crippen LogP contribution in [0.15, 0.2) is 11.6 Å². The van der Waals surface area contributed by atoms with Gasteiger partial charge < -0.3 is 9.47 Å². The molecule has 0 bridgehead atoms. The van der Waals surface area contributed by atoms with E-state index in [9.17, 15) is 4.79 Å². The molecule has 4 heteroatoms. The Morgan fingerprint density at radius 1 is 1.37 bits per heavy atom. The SMILES string of the molecule is CC(C)=CCC(C)OC(=O)N1C(C)(C)COC1(C)C. The van der Waals surface area contributed by atoms with Gasteiger partial charge in [0.15, 0.2) is 0 Å². The van der Waals surface area contributed by atoms with Gasteiger partial charge >= 0.3 is 6.09 Å². The van der Waals surface area contributed by atoms with Gasteiger partial charge in [-0.1, -0.05) is 11.6 Å². The summed E-state index contributed by atoms with van der Waals surface area (Å²) in [5, 5.41) is 0. The summed E-state index contributed by atoms with van der Waals surface area (Å²) in [5.74, 6) is 0. The van der Waals surface area contributed by atoms with Gasteiger partial charge in [-0.15, -0.1) is 0 Å². The van der Waals surface area contributed by atoms with Crippen molar-refractivity contribution in [3.8, 4) is 0 Å². The summed E-state index contributed by atoms with van der Waals surface area (Å²) in [6.07, 6.45) is 2.38. The van der Waals surface area contributed by atoms with Gasteiger partial charge in [0.1, 0.15) is 11.8 Å². The Balaban J connectivity index is 2.69. The standard InChI is InChI=1S/C15H27NO3/c1-11(2)8-9-12(3)19-13(17)16-14(4,5)10-18-15(16,6)7/h8,12H,9-10H2,1-7H3. The maximum atomic E-state index is 12.3. The molecule has 1 aliphatic heterocycles. The van der Waals surface area contributed by atoms with Crippen molar-refractivity contribution in [2.24, 2.45) is 0 Å². The van der Waals surface area contributed by atoms with E-state index in [1.165, 1.54) is 5.57 Å². The molecule has 0 radical (unpaired) electrons. The molecule has 0 aliphatic carbocycles. The van der Waals surface area contributed by atoms with Crippen LogP contribution < -0.4 is 0 Å². The van der Waals surface area contributed by atoms with Gasteiger partial charge in [-0.05, 0) is 48.5 Å². The Labute approximate surface area is 116 Å². The maximum Gasteiger partial charge on any atom is 0.412 e. The number of hydrogen-bond donors (Lipinski definition) is 0. The zero-order valence-corrected chi connectivity index (χ0v) is 13.2. The van der Waals surface area contributed by atoms with Crippen LogP contribution in [-0.2, 0) is 9.47 Å². The van der Waals surface area contributed by atoms with E-state index in [-0.39, 0.29) is 17.7 Å². The lowest BCUT2D eigenvalue weighted by Gasteiger charge is -2.37. The molecule has 1 heterocycles. The first-order valence-corrected chi connectivity index (χ1v) is 6.84. The highest BCUT2D eigenvalue weighted by molar-refractivity contribution is 5.70. The van der Waals surface area contributed by atoms with Crippen molar-refractivity contribution in [2.45, 2.75) is 72.3 Å². The predicted molar refractivity (Wildman–Crippen MR) is 75.9 cm³/mol. The molecule has 0 aromatic rings. The summed E-state index contributed by atoms with van der Waals surface area (Å²) in [4.78, 5) is 14.0. The molecule has 1 rings (SSSR count). The van der Waals surface area contributed by atoms with Crippen LogP contribution in [0.3, 0.4) is 0 Å². The number of rotatable bonds is 3. The van der Waals surface area contributed by atoms with E-state index in [1.54, 1.807) is 4.90 Å². The molecule has 0 N–H and O–H groups in total. The van der Waals surface area contributed by atoms with Gasteiger partial charge in [0.2, 0.25) is 0 Å². The van der Waals surface area contributed by atoms with Crippen LogP contribution in [0.25, 0.3) is 0 Å². The fourth-order valence-corrected chi connectivity index (χ4v) is 2.35. The fourth-order valence-electron chi connectivity index (χ4n) is 2.35. The van der Waals surface area contributed by atoms with E-state index in [2.05, 4.69) is 6.08 Å². The van der Waals surface area contributed by atoms with Crippen molar-refractivity contribution < 1.29 is 14.3 Å². The Morgan fingerprint density at radius 3 is 2.37 bits per heavy atom. The third-order valence-corrected chi connectivity index (χ3v) is 3.27. The average Bonchev–Trinajstić information content (AvgIpc) is 2.45. The number of carbonyl (C=O) groups is 1. The lowest BCUT2D eigenvalue weighted by molar-refractivity contribution is -0.0569. The molecule has 1 saturated heterocycles. The van der Waals surface area contributed by atoms with Crippen molar-refractivity contribution in [3.05, 3.63) is 11.6 Å². The van der Waals surface area contributed by atoms with Gasteiger partial charge in [-0.3, -0.25) is 4.90 Å². The van der Waals surface area contributed by atoms with E-state index in [1.807, 2.05) is 48.5 Å². The molecule has 1 atom stereocenters. The molecule has 19 heavy (non-hydrogen) atoms. The third kappa shape index (κ3) is 3.96. The molecule has 4 nitrogen and oxygen atoms in total. The summed E-state index contributed by atoms with van der Waals surface area (Å²) in [5.41, 5.74) is 0.279. The van der Waals surface area contributed by atoms with Gasteiger partial charge in [0, 0.05) is 6.42 Å². The third-order valence-electron chi connectivity index (χ3n) is 3.27.